The minimum Gasteiger partial charge on any atom is -0.508 e. The predicted octanol–water partition coefficient (Wildman–Crippen LogP) is 2.72. The Balaban J connectivity index is 1.99. The number of nitrogens with one attached hydrogen (secondary N) is 1. The van der Waals surface area contributed by atoms with Gasteiger partial charge in [-0.1, -0.05) is 31.4 Å². The van der Waals surface area contributed by atoms with E-state index in [9.17, 15) is 15.0 Å². The summed E-state index contributed by atoms with van der Waals surface area (Å²) in [5.74, 6) is 0.0807. The molecule has 1 amide bonds. The first kappa shape index (κ1) is 15.1. The van der Waals surface area contributed by atoms with Crippen LogP contribution in [0.1, 0.15) is 43.0 Å². The summed E-state index contributed by atoms with van der Waals surface area (Å²) < 4.78 is 0. The van der Waals surface area contributed by atoms with Crippen molar-refractivity contribution in [3.8, 4) is 5.75 Å². The molecule has 0 spiro atoms. The van der Waals surface area contributed by atoms with Gasteiger partial charge >= 0.3 is 0 Å². The first-order valence-corrected chi connectivity index (χ1v) is 7.26. The molecule has 20 heavy (non-hydrogen) atoms. The molecule has 1 fully saturated rings. The summed E-state index contributed by atoms with van der Waals surface area (Å²) in [7, 11) is 0. The molecule has 1 aromatic rings. The molecule has 0 heterocycles. The number of phenolic OH excluding ortho intramolecular Hbond substituents is 1. The van der Waals surface area contributed by atoms with Crippen molar-refractivity contribution in [2.24, 2.45) is 5.92 Å². The maximum absolute atomic E-state index is 12.1. The van der Waals surface area contributed by atoms with Gasteiger partial charge < -0.3 is 15.5 Å². The van der Waals surface area contributed by atoms with Gasteiger partial charge in [-0.05, 0) is 37.0 Å². The van der Waals surface area contributed by atoms with Crippen molar-refractivity contribution >= 4 is 17.5 Å². The minimum absolute atomic E-state index is 0.00968. The molecule has 4 nitrogen and oxygen atoms in total. The summed E-state index contributed by atoms with van der Waals surface area (Å²) in [6, 6.07) is 4.23. The van der Waals surface area contributed by atoms with Crippen LogP contribution in [0.3, 0.4) is 0 Å². The number of benzene rings is 1. The standard InChI is InChI=1S/C15H20ClNO3/c1-10-3-2-6-15(20,8-10)9-17-14(19)12-7-11(18)4-5-13(12)16/h4-5,7,10,18,20H,2-3,6,8-9H2,1H3,(H,17,19). The lowest BCUT2D eigenvalue weighted by molar-refractivity contribution is -0.0109. The highest BCUT2D eigenvalue weighted by Crippen LogP contribution is 2.31. The Hall–Kier alpha value is -1.26. The number of amides is 1. The van der Waals surface area contributed by atoms with Crippen LogP contribution in [-0.2, 0) is 0 Å². The summed E-state index contributed by atoms with van der Waals surface area (Å²) in [5.41, 5.74) is -0.615. The molecule has 2 atom stereocenters. The highest BCUT2D eigenvalue weighted by molar-refractivity contribution is 6.33. The molecule has 1 aromatic carbocycles. The largest absolute Gasteiger partial charge is 0.508 e. The fraction of sp³-hybridized carbons (Fsp3) is 0.533. The second-order valence-corrected chi connectivity index (χ2v) is 6.18. The van der Waals surface area contributed by atoms with Crippen LogP contribution in [0.25, 0.3) is 0 Å². The molecule has 0 bridgehead atoms. The predicted molar refractivity (Wildman–Crippen MR) is 78.0 cm³/mol. The fourth-order valence-corrected chi connectivity index (χ4v) is 3.02. The van der Waals surface area contributed by atoms with E-state index in [1.807, 2.05) is 0 Å². The average molecular weight is 298 g/mol. The lowest BCUT2D eigenvalue weighted by atomic mass is 9.79. The van der Waals surface area contributed by atoms with Crippen LogP contribution < -0.4 is 5.32 Å². The van der Waals surface area contributed by atoms with Gasteiger partial charge in [-0.15, -0.1) is 0 Å². The zero-order valence-corrected chi connectivity index (χ0v) is 12.3. The third kappa shape index (κ3) is 3.64. The summed E-state index contributed by atoms with van der Waals surface area (Å²) in [5, 5.41) is 22.9. The molecule has 5 heteroatoms. The maximum atomic E-state index is 12.1. The number of hydrogen-bond donors (Lipinski definition) is 3. The van der Waals surface area contributed by atoms with Crippen LogP contribution in [0.5, 0.6) is 5.75 Å². The highest BCUT2D eigenvalue weighted by Gasteiger charge is 2.33. The van der Waals surface area contributed by atoms with Crippen molar-refractivity contribution in [1.29, 1.82) is 0 Å². The van der Waals surface area contributed by atoms with Gasteiger partial charge in [0, 0.05) is 6.54 Å². The minimum atomic E-state index is -0.837. The molecule has 2 rings (SSSR count). The van der Waals surface area contributed by atoms with Crippen LogP contribution in [0.4, 0.5) is 0 Å². The van der Waals surface area contributed by atoms with E-state index in [0.29, 0.717) is 18.8 Å². The Morgan fingerprint density at radius 1 is 1.55 bits per heavy atom. The van der Waals surface area contributed by atoms with Crippen molar-refractivity contribution in [3.05, 3.63) is 28.8 Å². The summed E-state index contributed by atoms with van der Waals surface area (Å²) in [4.78, 5) is 12.1. The molecule has 0 saturated heterocycles. The van der Waals surface area contributed by atoms with Crippen LogP contribution in [-0.4, -0.2) is 28.3 Å². The molecule has 0 aromatic heterocycles. The molecule has 0 radical (unpaired) electrons. The average Bonchev–Trinajstić information content (AvgIpc) is 2.39. The lowest BCUT2D eigenvalue weighted by Crippen LogP contribution is -2.45. The van der Waals surface area contributed by atoms with Crippen LogP contribution in [0, 0.1) is 5.92 Å². The van der Waals surface area contributed by atoms with Gasteiger partial charge in [-0.2, -0.15) is 0 Å². The monoisotopic (exact) mass is 297 g/mol. The van der Waals surface area contributed by atoms with E-state index >= 15 is 0 Å². The second kappa shape index (κ2) is 6.02. The quantitative estimate of drug-likeness (QED) is 0.803. The van der Waals surface area contributed by atoms with Gasteiger partial charge in [-0.25, -0.2) is 0 Å². The van der Waals surface area contributed by atoms with E-state index < -0.39 is 5.60 Å². The van der Waals surface area contributed by atoms with Crippen molar-refractivity contribution in [3.63, 3.8) is 0 Å². The Labute approximate surface area is 123 Å². The molecule has 110 valence electrons. The zero-order chi connectivity index (χ0) is 14.8. The van der Waals surface area contributed by atoms with E-state index in [0.717, 1.165) is 12.8 Å². The number of aromatic hydroxyl groups is 1. The summed E-state index contributed by atoms with van der Waals surface area (Å²) >= 11 is 5.94. The van der Waals surface area contributed by atoms with Gasteiger partial charge in [0.05, 0.1) is 16.2 Å². The van der Waals surface area contributed by atoms with Crippen molar-refractivity contribution in [2.45, 2.75) is 38.2 Å². The number of carbonyl (C=O) groups is 1. The molecular weight excluding hydrogens is 278 g/mol. The van der Waals surface area contributed by atoms with Crippen molar-refractivity contribution < 1.29 is 15.0 Å². The van der Waals surface area contributed by atoms with E-state index in [1.165, 1.54) is 18.2 Å². The van der Waals surface area contributed by atoms with E-state index in [4.69, 9.17) is 11.6 Å². The van der Waals surface area contributed by atoms with Gasteiger partial charge in [0.2, 0.25) is 0 Å². The number of hydrogen-bond acceptors (Lipinski definition) is 3. The molecular formula is C15H20ClNO3. The first-order valence-electron chi connectivity index (χ1n) is 6.89. The molecule has 2 unspecified atom stereocenters. The molecule has 3 N–H and O–H groups in total. The topological polar surface area (TPSA) is 69.6 Å². The van der Waals surface area contributed by atoms with Gasteiger partial charge in [0.15, 0.2) is 0 Å². The summed E-state index contributed by atoms with van der Waals surface area (Å²) in [6.45, 7) is 2.32. The van der Waals surface area contributed by atoms with Crippen molar-refractivity contribution in [2.75, 3.05) is 6.54 Å². The molecule has 0 aliphatic heterocycles. The second-order valence-electron chi connectivity index (χ2n) is 5.77. The van der Waals surface area contributed by atoms with E-state index in [2.05, 4.69) is 12.2 Å². The Morgan fingerprint density at radius 2 is 2.30 bits per heavy atom. The Kier molecular flexibility index (Phi) is 4.55. The third-order valence-corrected chi connectivity index (χ3v) is 4.17. The van der Waals surface area contributed by atoms with Gasteiger partial charge in [0.25, 0.3) is 5.91 Å². The van der Waals surface area contributed by atoms with Gasteiger partial charge in [-0.3, -0.25) is 4.79 Å². The van der Waals surface area contributed by atoms with E-state index in [-0.39, 0.29) is 28.8 Å². The maximum Gasteiger partial charge on any atom is 0.253 e. The van der Waals surface area contributed by atoms with Crippen LogP contribution in [0.15, 0.2) is 18.2 Å². The van der Waals surface area contributed by atoms with Crippen molar-refractivity contribution in [1.82, 2.24) is 5.32 Å². The fourth-order valence-electron chi connectivity index (χ4n) is 2.82. The number of carbonyl (C=O) groups excluding carboxylic acids is 1. The Bertz CT molecular complexity index is 506. The smallest absolute Gasteiger partial charge is 0.253 e. The highest BCUT2D eigenvalue weighted by atomic mass is 35.5. The van der Waals surface area contributed by atoms with Crippen LogP contribution >= 0.6 is 11.6 Å². The number of halogens is 1. The number of rotatable bonds is 3. The molecule has 1 aliphatic carbocycles. The first-order chi connectivity index (χ1) is 9.39. The lowest BCUT2D eigenvalue weighted by Gasteiger charge is -2.35. The van der Waals surface area contributed by atoms with Gasteiger partial charge in [0.1, 0.15) is 5.75 Å². The molecule has 1 aliphatic rings. The molecule has 1 saturated carbocycles. The third-order valence-electron chi connectivity index (χ3n) is 3.84. The van der Waals surface area contributed by atoms with Crippen LogP contribution in [0.2, 0.25) is 5.02 Å². The number of phenols is 1. The summed E-state index contributed by atoms with van der Waals surface area (Å²) in [6.07, 6.45) is 3.49. The normalized spacial score (nSPS) is 26.2. The zero-order valence-electron chi connectivity index (χ0n) is 11.5. The SMILES string of the molecule is CC1CCCC(O)(CNC(=O)c2cc(O)ccc2Cl)C1. The number of aliphatic hydroxyl groups is 1. The Morgan fingerprint density at radius 3 is 3.00 bits per heavy atom. The van der Waals surface area contributed by atoms with E-state index in [1.54, 1.807) is 0 Å².